The molecule has 1 saturated heterocycles. The van der Waals surface area contributed by atoms with Gasteiger partial charge in [0.15, 0.2) is 0 Å². The van der Waals surface area contributed by atoms with E-state index in [2.05, 4.69) is 100 Å². The summed E-state index contributed by atoms with van der Waals surface area (Å²) in [6.45, 7) is 8.32. The van der Waals surface area contributed by atoms with Crippen LogP contribution in [0.2, 0.25) is 0 Å². The molecular formula is C29H27BN2O2. The molecule has 1 aliphatic rings. The van der Waals surface area contributed by atoms with Crippen LogP contribution < -0.4 is 5.46 Å². The number of benzene rings is 4. The number of aromatic nitrogens is 2. The van der Waals surface area contributed by atoms with Crippen molar-refractivity contribution in [2.45, 2.75) is 38.9 Å². The van der Waals surface area contributed by atoms with Crippen LogP contribution >= 0.6 is 0 Å². The van der Waals surface area contributed by atoms with Gasteiger partial charge in [0.1, 0.15) is 5.69 Å². The number of hydrogen-bond acceptors (Lipinski definition) is 3. The second-order valence-corrected chi connectivity index (χ2v) is 10.0. The Morgan fingerprint density at radius 2 is 1.35 bits per heavy atom. The molecule has 0 bridgehead atoms. The van der Waals surface area contributed by atoms with E-state index >= 15 is 0 Å². The zero-order valence-electron chi connectivity index (χ0n) is 19.9. The van der Waals surface area contributed by atoms with Crippen LogP contribution in [0.4, 0.5) is 0 Å². The summed E-state index contributed by atoms with van der Waals surface area (Å²) >= 11 is 0. The Morgan fingerprint density at radius 3 is 2.06 bits per heavy atom. The normalized spacial score (nSPS) is 17.0. The summed E-state index contributed by atoms with van der Waals surface area (Å²) in [7, 11) is -0.409. The SMILES string of the molecule is CC1(C)OB(c2cccc(-c3nn(-c4ccccc4)c4cc5ccccc5cc34)c2)OC1(C)C. The molecule has 0 spiro atoms. The molecule has 0 radical (unpaired) electrons. The minimum absolute atomic E-state index is 0.381. The molecule has 2 heterocycles. The molecule has 5 aromatic rings. The summed E-state index contributed by atoms with van der Waals surface area (Å²) in [5, 5.41) is 8.63. The van der Waals surface area contributed by atoms with Crippen LogP contribution in [0.15, 0.2) is 91.0 Å². The molecule has 0 N–H and O–H groups in total. The molecule has 4 aromatic carbocycles. The number of rotatable bonds is 3. The third-order valence-electron chi connectivity index (χ3n) is 7.23. The van der Waals surface area contributed by atoms with Gasteiger partial charge in [0.25, 0.3) is 0 Å². The van der Waals surface area contributed by atoms with Gasteiger partial charge in [0, 0.05) is 10.9 Å². The van der Waals surface area contributed by atoms with Crippen molar-refractivity contribution in [1.29, 1.82) is 0 Å². The van der Waals surface area contributed by atoms with Crippen LogP contribution in [0, 0.1) is 0 Å². The standard InChI is InChI=1S/C29H27BN2O2/c1-28(2)29(3,4)34-30(33-28)23-14-10-13-22(17-23)27-25-18-20-11-8-9-12-21(20)19-26(25)32(31-27)24-15-6-5-7-16-24/h5-19H,1-4H3. The molecule has 0 atom stereocenters. The summed E-state index contributed by atoms with van der Waals surface area (Å²) in [5.41, 5.74) is 4.35. The molecule has 1 aromatic heterocycles. The second-order valence-electron chi connectivity index (χ2n) is 10.0. The first-order chi connectivity index (χ1) is 16.3. The van der Waals surface area contributed by atoms with Gasteiger partial charge in [-0.3, -0.25) is 0 Å². The van der Waals surface area contributed by atoms with Crippen molar-refractivity contribution in [2.24, 2.45) is 0 Å². The second kappa shape index (κ2) is 7.56. The van der Waals surface area contributed by atoms with E-state index in [9.17, 15) is 0 Å². The molecule has 1 fully saturated rings. The van der Waals surface area contributed by atoms with Crippen molar-refractivity contribution in [3.05, 3.63) is 91.0 Å². The van der Waals surface area contributed by atoms with Crippen molar-refractivity contribution >= 4 is 34.3 Å². The van der Waals surface area contributed by atoms with E-state index in [1.54, 1.807) is 0 Å². The van der Waals surface area contributed by atoms with E-state index in [4.69, 9.17) is 14.4 Å². The maximum Gasteiger partial charge on any atom is 0.494 e. The van der Waals surface area contributed by atoms with Crippen molar-refractivity contribution < 1.29 is 9.31 Å². The van der Waals surface area contributed by atoms with Gasteiger partial charge in [-0.05, 0) is 68.2 Å². The first kappa shape index (κ1) is 21.1. The molecule has 0 amide bonds. The lowest BCUT2D eigenvalue weighted by atomic mass is 9.78. The van der Waals surface area contributed by atoms with E-state index in [0.29, 0.717) is 0 Å². The lowest BCUT2D eigenvalue weighted by Crippen LogP contribution is -2.41. The van der Waals surface area contributed by atoms with Crippen LogP contribution in [0.25, 0.3) is 38.6 Å². The zero-order valence-corrected chi connectivity index (χ0v) is 19.9. The van der Waals surface area contributed by atoms with Gasteiger partial charge in [0.05, 0.1) is 22.4 Å². The smallest absolute Gasteiger partial charge is 0.399 e. The highest BCUT2D eigenvalue weighted by molar-refractivity contribution is 6.62. The molecule has 4 nitrogen and oxygen atoms in total. The highest BCUT2D eigenvalue weighted by Crippen LogP contribution is 2.37. The van der Waals surface area contributed by atoms with Gasteiger partial charge >= 0.3 is 7.12 Å². The third kappa shape index (κ3) is 3.35. The maximum atomic E-state index is 6.31. The quantitative estimate of drug-likeness (QED) is 0.312. The molecule has 5 heteroatoms. The van der Waals surface area contributed by atoms with Gasteiger partial charge in [-0.15, -0.1) is 0 Å². The minimum Gasteiger partial charge on any atom is -0.399 e. The van der Waals surface area contributed by atoms with Crippen molar-refractivity contribution in [2.75, 3.05) is 0 Å². The molecule has 6 rings (SSSR count). The lowest BCUT2D eigenvalue weighted by Gasteiger charge is -2.32. The van der Waals surface area contributed by atoms with E-state index in [-0.39, 0.29) is 11.2 Å². The number of fused-ring (bicyclic) bond motifs is 2. The Labute approximate surface area is 200 Å². The zero-order chi connectivity index (χ0) is 23.5. The fourth-order valence-corrected chi connectivity index (χ4v) is 4.59. The topological polar surface area (TPSA) is 36.3 Å². The van der Waals surface area contributed by atoms with E-state index in [1.807, 2.05) is 22.9 Å². The predicted octanol–water partition coefficient (Wildman–Crippen LogP) is 6.14. The highest BCUT2D eigenvalue weighted by atomic mass is 16.7. The average molecular weight is 446 g/mol. The molecule has 34 heavy (non-hydrogen) atoms. The summed E-state index contributed by atoms with van der Waals surface area (Å²) < 4.78 is 14.7. The molecule has 0 unspecified atom stereocenters. The predicted molar refractivity (Wildman–Crippen MR) is 140 cm³/mol. The minimum atomic E-state index is -0.409. The van der Waals surface area contributed by atoms with Crippen molar-refractivity contribution in [3.63, 3.8) is 0 Å². The van der Waals surface area contributed by atoms with Gasteiger partial charge in [0.2, 0.25) is 0 Å². The fraction of sp³-hybridized carbons (Fsp3) is 0.207. The fourth-order valence-electron chi connectivity index (χ4n) is 4.59. The summed E-state index contributed by atoms with van der Waals surface area (Å²) in [4.78, 5) is 0. The number of para-hydroxylation sites is 1. The first-order valence-corrected chi connectivity index (χ1v) is 11.8. The molecule has 0 saturated carbocycles. The van der Waals surface area contributed by atoms with Gasteiger partial charge in [-0.25, -0.2) is 4.68 Å². The molecule has 1 aliphatic heterocycles. The van der Waals surface area contributed by atoms with Crippen LogP contribution in [0.5, 0.6) is 0 Å². The largest absolute Gasteiger partial charge is 0.494 e. The molecular weight excluding hydrogens is 419 g/mol. The highest BCUT2D eigenvalue weighted by Gasteiger charge is 2.51. The lowest BCUT2D eigenvalue weighted by molar-refractivity contribution is 0.00578. The Morgan fingerprint density at radius 1 is 0.706 bits per heavy atom. The third-order valence-corrected chi connectivity index (χ3v) is 7.23. The van der Waals surface area contributed by atoms with E-state index in [1.165, 1.54) is 10.8 Å². The average Bonchev–Trinajstić information content (AvgIpc) is 3.31. The maximum absolute atomic E-state index is 6.31. The van der Waals surface area contributed by atoms with Crippen LogP contribution in [0.1, 0.15) is 27.7 Å². The monoisotopic (exact) mass is 446 g/mol. The van der Waals surface area contributed by atoms with Crippen LogP contribution in [-0.4, -0.2) is 28.1 Å². The summed E-state index contributed by atoms with van der Waals surface area (Å²) in [6.07, 6.45) is 0. The number of hydrogen-bond donors (Lipinski definition) is 0. The van der Waals surface area contributed by atoms with Gasteiger partial charge in [-0.2, -0.15) is 5.10 Å². The Hall–Kier alpha value is -3.41. The van der Waals surface area contributed by atoms with E-state index in [0.717, 1.165) is 33.3 Å². The summed E-state index contributed by atoms with van der Waals surface area (Å²) in [5.74, 6) is 0. The number of nitrogens with zero attached hydrogens (tertiary/aromatic N) is 2. The first-order valence-electron chi connectivity index (χ1n) is 11.8. The molecule has 168 valence electrons. The van der Waals surface area contributed by atoms with Crippen molar-refractivity contribution in [3.8, 4) is 16.9 Å². The van der Waals surface area contributed by atoms with E-state index < -0.39 is 7.12 Å². The Kier molecular flexibility index (Phi) is 4.70. The summed E-state index contributed by atoms with van der Waals surface area (Å²) in [6, 6.07) is 31.6. The molecule has 0 aliphatic carbocycles. The van der Waals surface area contributed by atoms with Crippen LogP contribution in [-0.2, 0) is 9.31 Å². The van der Waals surface area contributed by atoms with Gasteiger partial charge < -0.3 is 9.31 Å². The van der Waals surface area contributed by atoms with Crippen LogP contribution in [0.3, 0.4) is 0 Å². The van der Waals surface area contributed by atoms with Gasteiger partial charge in [-0.1, -0.05) is 66.7 Å². The Bertz CT molecular complexity index is 1510. The van der Waals surface area contributed by atoms with Crippen molar-refractivity contribution in [1.82, 2.24) is 9.78 Å². The Balaban J connectivity index is 1.53.